The lowest BCUT2D eigenvalue weighted by atomic mass is 10.1. The maximum absolute atomic E-state index is 13.2. The molecule has 2 aromatic rings. The molecule has 0 radical (unpaired) electrons. The number of rotatable bonds is 5. The van der Waals surface area contributed by atoms with E-state index in [2.05, 4.69) is 5.32 Å². The second-order valence-corrected chi connectivity index (χ2v) is 5.10. The van der Waals surface area contributed by atoms with Crippen LogP contribution in [0.5, 0.6) is 5.75 Å². The summed E-state index contributed by atoms with van der Waals surface area (Å²) < 4.78 is 31.4. The number of halogens is 3. The lowest BCUT2D eigenvalue weighted by Crippen LogP contribution is -2.19. The molecule has 0 aliphatic rings. The van der Waals surface area contributed by atoms with Crippen molar-refractivity contribution in [2.75, 3.05) is 7.11 Å². The van der Waals surface area contributed by atoms with Crippen molar-refractivity contribution in [2.24, 2.45) is 0 Å². The van der Waals surface area contributed by atoms with Gasteiger partial charge in [0.1, 0.15) is 5.75 Å². The summed E-state index contributed by atoms with van der Waals surface area (Å²) in [5.74, 6) is -1.01. The van der Waals surface area contributed by atoms with Gasteiger partial charge in [-0.1, -0.05) is 23.7 Å². The fourth-order valence-corrected chi connectivity index (χ4v) is 2.29. The molecular formula is C16H16ClF2NO. The third kappa shape index (κ3) is 3.71. The van der Waals surface area contributed by atoms with Crippen LogP contribution in [-0.4, -0.2) is 7.11 Å². The molecule has 2 nitrogen and oxygen atoms in total. The number of benzene rings is 2. The van der Waals surface area contributed by atoms with Crippen molar-refractivity contribution in [2.45, 2.75) is 19.5 Å². The van der Waals surface area contributed by atoms with E-state index in [-0.39, 0.29) is 6.04 Å². The van der Waals surface area contributed by atoms with Crippen LogP contribution in [-0.2, 0) is 6.54 Å². The second-order valence-electron chi connectivity index (χ2n) is 4.70. The Morgan fingerprint density at radius 1 is 1.19 bits per heavy atom. The molecule has 2 rings (SSSR count). The fraction of sp³-hybridized carbons (Fsp3) is 0.250. The van der Waals surface area contributed by atoms with E-state index in [9.17, 15) is 8.78 Å². The number of hydrogen-bond acceptors (Lipinski definition) is 2. The van der Waals surface area contributed by atoms with Gasteiger partial charge < -0.3 is 10.1 Å². The highest BCUT2D eigenvalue weighted by Crippen LogP contribution is 2.27. The monoisotopic (exact) mass is 311 g/mol. The van der Waals surface area contributed by atoms with Crippen LogP contribution in [0.25, 0.3) is 0 Å². The van der Waals surface area contributed by atoms with Crippen LogP contribution in [0.2, 0.25) is 5.02 Å². The van der Waals surface area contributed by atoms with Gasteiger partial charge in [0.2, 0.25) is 0 Å². The van der Waals surface area contributed by atoms with E-state index in [4.69, 9.17) is 16.3 Å². The van der Waals surface area contributed by atoms with Crippen LogP contribution in [0.4, 0.5) is 8.78 Å². The van der Waals surface area contributed by atoms with Crippen LogP contribution in [0.15, 0.2) is 36.4 Å². The molecule has 0 spiro atoms. The summed E-state index contributed by atoms with van der Waals surface area (Å²) in [5.41, 5.74) is 1.50. The predicted molar refractivity (Wildman–Crippen MR) is 79.6 cm³/mol. The van der Waals surface area contributed by atoms with Gasteiger partial charge in [-0.15, -0.1) is 0 Å². The van der Waals surface area contributed by atoms with Crippen LogP contribution >= 0.6 is 11.6 Å². The third-order valence-electron chi connectivity index (χ3n) is 3.32. The van der Waals surface area contributed by atoms with Crippen molar-refractivity contribution >= 4 is 11.6 Å². The molecule has 0 aliphatic heterocycles. The van der Waals surface area contributed by atoms with Gasteiger partial charge in [-0.05, 0) is 36.8 Å². The second kappa shape index (κ2) is 6.87. The maximum atomic E-state index is 13.2. The Labute approximate surface area is 127 Å². The normalized spacial score (nSPS) is 12.2. The molecule has 0 aromatic heterocycles. The summed E-state index contributed by atoms with van der Waals surface area (Å²) in [6.45, 7) is 2.33. The van der Waals surface area contributed by atoms with Crippen LogP contribution in [0.1, 0.15) is 24.1 Å². The first-order chi connectivity index (χ1) is 10.0. The standard InChI is InChI=1S/C16H16ClF2NO/c1-10(11-6-7-14(18)15(19)8-11)20-9-12-13(17)4-3-5-16(12)21-2/h3-8,10,20H,9H2,1-2H3. The number of ether oxygens (including phenoxy) is 1. The summed E-state index contributed by atoms with van der Waals surface area (Å²) in [6, 6.07) is 9.13. The molecule has 1 N–H and O–H groups in total. The first-order valence-electron chi connectivity index (χ1n) is 6.52. The smallest absolute Gasteiger partial charge is 0.159 e. The van der Waals surface area contributed by atoms with Crippen molar-refractivity contribution in [1.29, 1.82) is 0 Å². The van der Waals surface area contributed by atoms with E-state index < -0.39 is 11.6 Å². The molecule has 0 bridgehead atoms. The molecule has 1 unspecified atom stereocenters. The van der Waals surface area contributed by atoms with Crippen molar-refractivity contribution in [1.82, 2.24) is 5.32 Å². The van der Waals surface area contributed by atoms with E-state index in [0.717, 1.165) is 11.6 Å². The van der Waals surface area contributed by atoms with Crippen molar-refractivity contribution < 1.29 is 13.5 Å². The number of hydrogen-bond donors (Lipinski definition) is 1. The lowest BCUT2D eigenvalue weighted by Gasteiger charge is -2.17. The summed E-state index contributed by atoms with van der Waals surface area (Å²) in [7, 11) is 1.58. The highest BCUT2D eigenvalue weighted by Gasteiger charge is 2.12. The molecule has 0 saturated heterocycles. The lowest BCUT2D eigenvalue weighted by molar-refractivity contribution is 0.406. The quantitative estimate of drug-likeness (QED) is 0.879. The molecule has 5 heteroatoms. The van der Waals surface area contributed by atoms with Gasteiger partial charge in [0, 0.05) is 23.2 Å². The van der Waals surface area contributed by atoms with E-state index in [1.807, 2.05) is 19.1 Å². The highest BCUT2D eigenvalue weighted by molar-refractivity contribution is 6.31. The molecule has 21 heavy (non-hydrogen) atoms. The summed E-state index contributed by atoms with van der Waals surface area (Å²) in [6.07, 6.45) is 0. The summed E-state index contributed by atoms with van der Waals surface area (Å²) in [5, 5.41) is 3.82. The van der Waals surface area contributed by atoms with E-state index in [1.165, 1.54) is 6.07 Å². The minimum absolute atomic E-state index is 0.152. The number of nitrogens with one attached hydrogen (secondary N) is 1. The van der Waals surface area contributed by atoms with E-state index in [0.29, 0.717) is 22.9 Å². The van der Waals surface area contributed by atoms with Crippen molar-refractivity contribution in [3.63, 3.8) is 0 Å². The summed E-state index contributed by atoms with van der Waals surface area (Å²) >= 11 is 6.15. The Kier molecular flexibility index (Phi) is 5.15. The molecule has 0 aliphatic carbocycles. The van der Waals surface area contributed by atoms with Crippen LogP contribution in [0.3, 0.4) is 0 Å². The average Bonchev–Trinajstić information content (AvgIpc) is 2.48. The number of methoxy groups -OCH3 is 1. The minimum atomic E-state index is -0.850. The molecule has 2 aromatic carbocycles. The van der Waals surface area contributed by atoms with Gasteiger partial charge in [-0.3, -0.25) is 0 Å². The maximum Gasteiger partial charge on any atom is 0.159 e. The highest BCUT2D eigenvalue weighted by atomic mass is 35.5. The molecule has 112 valence electrons. The molecule has 1 atom stereocenters. The first kappa shape index (κ1) is 15.7. The van der Waals surface area contributed by atoms with Gasteiger partial charge in [-0.25, -0.2) is 8.78 Å². The Morgan fingerprint density at radius 2 is 1.95 bits per heavy atom. The van der Waals surface area contributed by atoms with Gasteiger partial charge in [-0.2, -0.15) is 0 Å². The largest absolute Gasteiger partial charge is 0.496 e. The zero-order chi connectivity index (χ0) is 15.4. The molecule has 0 saturated carbocycles. The first-order valence-corrected chi connectivity index (χ1v) is 6.90. The van der Waals surface area contributed by atoms with E-state index in [1.54, 1.807) is 19.2 Å². The Bertz CT molecular complexity index is 634. The average molecular weight is 312 g/mol. The Morgan fingerprint density at radius 3 is 2.62 bits per heavy atom. The van der Waals surface area contributed by atoms with Crippen LogP contribution in [0, 0.1) is 11.6 Å². The SMILES string of the molecule is COc1cccc(Cl)c1CNC(C)c1ccc(F)c(F)c1. The molecule has 0 amide bonds. The zero-order valence-corrected chi connectivity index (χ0v) is 12.5. The topological polar surface area (TPSA) is 21.3 Å². The minimum Gasteiger partial charge on any atom is -0.496 e. The molecule has 0 heterocycles. The Balaban J connectivity index is 2.10. The fourth-order valence-electron chi connectivity index (χ4n) is 2.06. The predicted octanol–water partition coefficient (Wildman–Crippen LogP) is 4.48. The van der Waals surface area contributed by atoms with Crippen LogP contribution < -0.4 is 10.1 Å². The van der Waals surface area contributed by atoms with Gasteiger partial charge >= 0.3 is 0 Å². The Hall–Kier alpha value is -1.65. The van der Waals surface area contributed by atoms with Gasteiger partial charge in [0.15, 0.2) is 11.6 Å². The zero-order valence-electron chi connectivity index (χ0n) is 11.8. The van der Waals surface area contributed by atoms with Crippen molar-refractivity contribution in [3.05, 3.63) is 64.2 Å². The molecular weight excluding hydrogens is 296 g/mol. The third-order valence-corrected chi connectivity index (χ3v) is 3.68. The molecule has 0 fully saturated rings. The summed E-state index contributed by atoms with van der Waals surface area (Å²) in [4.78, 5) is 0. The van der Waals surface area contributed by atoms with E-state index >= 15 is 0 Å². The van der Waals surface area contributed by atoms with Gasteiger partial charge in [0.05, 0.1) is 7.11 Å². The van der Waals surface area contributed by atoms with Gasteiger partial charge in [0.25, 0.3) is 0 Å². The van der Waals surface area contributed by atoms with Crippen molar-refractivity contribution in [3.8, 4) is 5.75 Å².